The standard InChI is InChI=1S/C10H14N2S/c1-10(2,13-9(11)12)8-6-4-3-5-7-8/h3-7H,1-2H3,(H3,11,12). The van der Waals surface area contributed by atoms with Crippen molar-refractivity contribution in [3.05, 3.63) is 35.9 Å². The number of amidine groups is 1. The van der Waals surface area contributed by atoms with Crippen molar-refractivity contribution in [3.63, 3.8) is 0 Å². The number of benzene rings is 1. The molecule has 0 aliphatic rings. The molecule has 3 N–H and O–H groups in total. The highest BCUT2D eigenvalue weighted by Crippen LogP contribution is 2.34. The van der Waals surface area contributed by atoms with Gasteiger partial charge < -0.3 is 5.73 Å². The summed E-state index contributed by atoms with van der Waals surface area (Å²) in [6.07, 6.45) is 0. The van der Waals surface area contributed by atoms with Crippen molar-refractivity contribution < 1.29 is 0 Å². The van der Waals surface area contributed by atoms with Gasteiger partial charge in [0.25, 0.3) is 0 Å². The molecule has 0 bridgehead atoms. The second kappa shape index (κ2) is 3.83. The zero-order chi connectivity index (χ0) is 9.90. The van der Waals surface area contributed by atoms with Crippen LogP contribution in [0.5, 0.6) is 0 Å². The minimum atomic E-state index is -0.118. The van der Waals surface area contributed by atoms with E-state index in [1.54, 1.807) is 0 Å². The molecule has 0 radical (unpaired) electrons. The van der Waals surface area contributed by atoms with Crippen LogP contribution in [0.1, 0.15) is 19.4 Å². The molecule has 0 heterocycles. The highest BCUT2D eigenvalue weighted by atomic mass is 32.2. The zero-order valence-corrected chi connectivity index (χ0v) is 8.69. The lowest BCUT2D eigenvalue weighted by atomic mass is 10.0. The number of rotatable bonds is 2. The van der Waals surface area contributed by atoms with Gasteiger partial charge in [0.2, 0.25) is 0 Å². The van der Waals surface area contributed by atoms with Crippen molar-refractivity contribution in [2.75, 3.05) is 0 Å². The summed E-state index contributed by atoms with van der Waals surface area (Å²) in [5, 5.41) is 7.40. The summed E-state index contributed by atoms with van der Waals surface area (Å²) in [5.74, 6) is 0. The van der Waals surface area contributed by atoms with E-state index in [1.807, 2.05) is 18.2 Å². The number of hydrogen-bond acceptors (Lipinski definition) is 2. The van der Waals surface area contributed by atoms with Gasteiger partial charge in [0.1, 0.15) is 0 Å². The van der Waals surface area contributed by atoms with Crippen LogP contribution < -0.4 is 5.73 Å². The largest absolute Gasteiger partial charge is 0.379 e. The third kappa shape index (κ3) is 2.77. The van der Waals surface area contributed by atoms with E-state index in [2.05, 4.69) is 26.0 Å². The molecule has 13 heavy (non-hydrogen) atoms. The summed E-state index contributed by atoms with van der Waals surface area (Å²) in [7, 11) is 0. The third-order valence-corrected chi connectivity index (χ3v) is 2.80. The first-order chi connectivity index (χ1) is 6.02. The molecule has 1 aromatic carbocycles. The first-order valence-electron chi connectivity index (χ1n) is 4.11. The second-order valence-corrected chi connectivity index (χ2v) is 5.01. The molecule has 0 spiro atoms. The van der Waals surface area contributed by atoms with Crippen LogP contribution in [-0.4, -0.2) is 5.17 Å². The molecule has 0 amide bonds. The van der Waals surface area contributed by atoms with Crippen molar-refractivity contribution in [2.45, 2.75) is 18.6 Å². The van der Waals surface area contributed by atoms with Gasteiger partial charge in [0.05, 0.1) is 0 Å². The summed E-state index contributed by atoms with van der Waals surface area (Å²) in [4.78, 5) is 0. The van der Waals surface area contributed by atoms with Gasteiger partial charge in [0, 0.05) is 4.75 Å². The van der Waals surface area contributed by atoms with E-state index in [0.29, 0.717) is 0 Å². The van der Waals surface area contributed by atoms with Crippen LogP contribution in [-0.2, 0) is 4.75 Å². The van der Waals surface area contributed by atoms with E-state index in [-0.39, 0.29) is 9.91 Å². The van der Waals surface area contributed by atoms with Crippen LogP contribution >= 0.6 is 11.8 Å². The van der Waals surface area contributed by atoms with E-state index in [1.165, 1.54) is 17.3 Å². The predicted molar refractivity (Wildman–Crippen MR) is 59.0 cm³/mol. The summed E-state index contributed by atoms with van der Waals surface area (Å²) in [5.41, 5.74) is 6.55. The van der Waals surface area contributed by atoms with Gasteiger partial charge in [-0.25, -0.2) is 0 Å². The minimum absolute atomic E-state index is 0.118. The van der Waals surface area contributed by atoms with Crippen molar-refractivity contribution in [3.8, 4) is 0 Å². The first kappa shape index (κ1) is 10.1. The number of nitrogens with one attached hydrogen (secondary N) is 1. The Balaban J connectivity index is 2.87. The Bertz CT molecular complexity index is 293. The summed E-state index contributed by atoms with van der Waals surface area (Å²) >= 11 is 1.37. The van der Waals surface area contributed by atoms with Gasteiger partial charge in [0.15, 0.2) is 5.17 Å². The predicted octanol–water partition coefficient (Wildman–Crippen LogP) is 2.55. The monoisotopic (exact) mass is 194 g/mol. The van der Waals surface area contributed by atoms with Crippen molar-refractivity contribution in [2.24, 2.45) is 5.73 Å². The SMILES string of the molecule is CC(C)(SC(=N)N)c1ccccc1. The van der Waals surface area contributed by atoms with Crippen LogP contribution in [0.4, 0.5) is 0 Å². The Kier molecular flexibility index (Phi) is 2.98. The normalized spacial score (nSPS) is 11.2. The van der Waals surface area contributed by atoms with Gasteiger partial charge in [-0.1, -0.05) is 42.1 Å². The number of hydrogen-bond donors (Lipinski definition) is 2. The van der Waals surface area contributed by atoms with Crippen LogP contribution in [0, 0.1) is 5.41 Å². The van der Waals surface area contributed by atoms with Crippen molar-refractivity contribution in [1.29, 1.82) is 5.41 Å². The van der Waals surface area contributed by atoms with Gasteiger partial charge in [-0.3, -0.25) is 5.41 Å². The molecule has 2 nitrogen and oxygen atoms in total. The zero-order valence-electron chi connectivity index (χ0n) is 7.87. The minimum Gasteiger partial charge on any atom is -0.379 e. The molecule has 0 aromatic heterocycles. The number of nitrogens with two attached hydrogens (primary N) is 1. The molecule has 0 saturated carbocycles. The molecule has 0 fully saturated rings. The summed E-state index contributed by atoms with van der Waals surface area (Å²) in [6.45, 7) is 4.13. The topological polar surface area (TPSA) is 49.9 Å². The van der Waals surface area contributed by atoms with Gasteiger partial charge in [-0.15, -0.1) is 0 Å². The Hall–Kier alpha value is -0.960. The summed E-state index contributed by atoms with van der Waals surface area (Å²) < 4.78 is -0.118. The molecule has 0 aliphatic carbocycles. The average molecular weight is 194 g/mol. The van der Waals surface area contributed by atoms with Gasteiger partial charge in [-0.2, -0.15) is 0 Å². The Labute approximate surface area is 83.0 Å². The van der Waals surface area contributed by atoms with Crippen molar-refractivity contribution in [1.82, 2.24) is 0 Å². The van der Waals surface area contributed by atoms with Gasteiger partial charge in [-0.05, 0) is 19.4 Å². The third-order valence-electron chi connectivity index (χ3n) is 1.83. The Morgan fingerprint density at radius 1 is 1.31 bits per heavy atom. The molecule has 0 atom stereocenters. The van der Waals surface area contributed by atoms with E-state index in [9.17, 15) is 0 Å². The maximum atomic E-state index is 7.24. The molecule has 70 valence electrons. The molecule has 0 saturated heterocycles. The highest BCUT2D eigenvalue weighted by Gasteiger charge is 2.21. The fourth-order valence-corrected chi connectivity index (χ4v) is 1.98. The molecule has 0 unspecified atom stereocenters. The number of thioether (sulfide) groups is 1. The van der Waals surface area contributed by atoms with E-state index >= 15 is 0 Å². The smallest absolute Gasteiger partial charge is 0.151 e. The second-order valence-electron chi connectivity index (χ2n) is 3.34. The highest BCUT2D eigenvalue weighted by molar-refractivity contribution is 8.14. The molecule has 1 rings (SSSR count). The van der Waals surface area contributed by atoms with Crippen LogP contribution in [0.25, 0.3) is 0 Å². The molecular weight excluding hydrogens is 180 g/mol. The maximum Gasteiger partial charge on any atom is 0.151 e. The summed E-state index contributed by atoms with van der Waals surface area (Å²) in [6, 6.07) is 10.1. The van der Waals surface area contributed by atoms with E-state index in [0.717, 1.165) is 0 Å². The average Bonchev–Trinajstić information content (AvgIpc) is 2.04. The molecular formula is C10H14N2S. The van der Waals surface area contributed by atoms with E-state index < -0.39 is 0 Å². The Morgan fingerprint density at radius 2 is 1.85 bits per heavy atom. The maximum absolute atomic E-state index is 7.24. The van der Waals surface area contributed by atoms with Crippen LogP contribution in [0.3, 0.4) is 0 Å². The first-order valence-corrected chi connectivity index (χ1v) is 4.92. The fraction of sp³-hybridized carbons (Fsp3) is 0.300. The van der Waals surface area contributed by atoms with Crippen molar-refractivity contribution >= 4 is 16.9 Å². The van der Waals surface area contributed by atoms with Crippen LogP contribution in [0.15, 0.2) is 30.3 Å². The fourth-order valence-electron chi connectivity index (χ4n) is 1.17. The van der Waals surface area contributed by atoms with Gasteiger partial charge >= 0.3 is 0 Å². The lowest BCUT2D eigenvalue weighted by Gasteiger charge is -2.23. The Morgan fingerprint density at radius 3 is 2.31 bits per heavy atom. The lowest BCUT2D eigenvalue weighted by Crippen LogP contribution is -2.18. The molecule has 3 heteroatoms. The molecule has 1 aromatic rings. The quantitative estimate of drug-likeness (QED) is 0.561. The van der Waals surface area contributed by atoms with Crippen LogP contribution in [0.2, 0.25) is 0 Å². The lowest BCUT2D eigenvalue weighted by molar-refractivity contribution is 0.787. The van der Waals surface area contributed by atoms with E-state index in [4.69, 9.17) is 11.1 Å². The molecule has 0 aliphatic heterocycles.